The predicted molar refractivity (Wildman–Crippen MR) is 312 cm³/mol. The molecule has 0 saturated carbocycles. The molecule has 0 aliphatic carbocycles. The van der Waals surface area contributed by atoms with E-state index < -0.39 is 86.4 Å². The number of nitrogen functional groups attached to an aromatic ring is 4. The number of H-pyrrole nitrogens is 4. The normalized spacial score (nSPS) is 27.4. The van der Waals surface area contributed by atoms with Crippen LogP contribution < -0.4 is 61.8 Å². The van der Waals surface area contributed by atoms with Gasteiger partial charge in [0, 0.05) is 25.3 Å². The minimum atomic E-state index is -1.90. The van der Waals surface area contributed by atoms with Crippen LogP contribution in [0.4, 0.5) is 23.8 Å². The highest BCUT2D eigenvalue weighted by molar-refractivity contribution is 6.74. The lowest BCUT2D eigenvalue weighted by atomic mass is 10.1. The summed E-state index contributed by atoms with van der Waals surface area (Å²) in [6.07, 6.45) is -1.97. The number of fused-ring (bicyclic) bond motifs is 4. The van der Waals surface area contributed by atoms with Crippen molar-refractivity contribution in [1.29, 1.82) is 0 Å². The molecule has 4 fully saturated rings. The highest BCUT2D eigenvalue weighted by atomic mass is 28.4. The predicted octanol–water partition coefficient (Wildman–Crippen LogP) is -4.19. The number of anilines is 4. The fourth-order valence-corrected chi connectivity index (χ4v) is 11.6. The van der Waals surface area contributed by atoms with E-state index in [4.69, 9.17) is 52.2 Å². The van der Waals surface area contributed by atoms with Crippen LogP contribution in [0.15, 0.2) is 44.5 Å². The van der Waals surface area contributed by atoms with Gasteiger partial charge in [-0.25, -0.2) is 19.9 Å². The summed E-state index contributed by atoms with van der Waals surface area (Å²) in [4.78, 5) is 100. The van der Waals surface area contributed by atoms with E-state index in [1.165, 1.54) is 28.1 Å². The number of aldehydes is 1. The van der Waals surface area contributed by atoms with Gasteiger partial charge in [0.2, 0.25) is 23.8 Å². The number of aliphatic hydroxyl groups is 5. The van der Waals surface area contributed by atoms with E-state index in [9.17, 15) is 49.5 Å². The third-order valence-corrected chi connectivity index (χ3v) is 20.8. The van der Waals surface area contributed by atoms with Crippen LogP contribution in [0.2, 0.25) is 18.1 Å². The lowest BCUT2D eigenvalue weighted by Gasteiger charge is -2.37. The highest BCUT2D eigenvalue weighted by Gasteiger charge is 2.46. The number of aromatic nitrogens is 16. The number of hydrazine groups is 1. The summed E-state index contributed by atoms with van der Waals surface area (Å²) in [7, 11) is -1.90. The summed E-state index contributed by atoms with van der Waals surface area (Å²) in [6, 6.07) is -0.303. The van der Waals surface area contributed by atoms with Gasteiger partial charge in [-0.15, -0.1) is 0 Å². The number of nitrogens with one attached hydrogen (secondary N) is 6. The van der Waals surface area contributed by atoms with Crippen molar-refractivity contribution in [2.45, 2.75) is 157 Å². The number of rotatable bonds is 16. The van der Waals surface area contributed by atoms with Crippen LogP contribution in [-0.4, -0.2) is 199 Å². The zero-order valence-electron chi connectivity index (χ0n) is 48.2. The molecule has 12 rings (SSSR count). The number of nitrogens with zero attached hydrogens (tertiary/aromatic N) is 12. The molecule has 0 unspecified atom stereocenters. The molecule has 0 spiro atoms. The Morgan fingerprint density at radius 3 is 1.43 bits per heavy atom. The summed E-state index contributed by atoms with van der Waals surface area (Å²) in [6.45, 7) is 11.7. The van der Waals surface area contributed by atoms with Crippen molar-refractivity contribution in [3.63, 3.8) is 0 Å². The molecule has 4 aliphatic rings. The largest absolute Gasteiger partial charge is 0.414 e. The molecule has 0 bridgehead atoms. The summed E-state index contributed by atoms with van der Waals surface area (Å²) in [5, 5.41) is 54.5. The monoisotopic (exact) mass is 1250 g/mol. The lowest BCUT2D eigenvalue weighted by Crippen LogP contribution is -2.47. The Morgan fingerprint density at radius 1 is 0.614 bits per heavy atom. The number of aromatic amines is 4. The number of hydrogen-bond donors (Lipinski definition) is 16. The smallest absolute Gasteiger partial charge is 0.280 e. The molecule has 4 saturated heterocycles. The van der Waals surface area contributed by atoms with Gasteiger partial charge in [-0.1, -0.05) is 20.8 Å². The van der Waals surface area contributed by atoms with Gasteiger partial charge >= 0.3 is 0 Å². The Morgan fingerprint density at radius 2 is 1.01 bits per heavy atom. The van der Waals surface area contributed by atoms with E-state index in [1.807, 2.05) is 0 Å². The van der Waals surface area contributed by atoms with E-state index >= 15 is 0 Å². The second-order valence-corrected chi connectivity index (χ2v) is 27.9. The maximum atomic E-state index is 12.1. The van der Waals surface area contributed by atoms with Crippen LogP contribution in [0.25, 0.3) is 44.7 Å². The van der Waals surface area contributed by atoms with Crippen LogP contribution in [0, 0.1) is 0 Å². The average Bonchev–Trinajstić information content (AvgIpc) is 2.39. The van der Waals surface area contributed by atoms with Crippen LogP contribution in [0.1, 0.15) is 77.8 Å². The fraction of sp³-hybridized carbons (Fsp3) is 0.571. The van der Waals surface area contributed by atoms with Crippen molar-refractivity contribution in [3.8, 4) is 0 Å². The first-order chi connectivity index (χ1) is 41.8. The Kier molecular flexibility index (Phi) is 18.1. The molecule has 0 aromatic carbocycles. The molecular weight excluding hydrogens is 1180 g/mol. The van der Waals surface area contributed by atoms with Gasteiger partial charge in [0.05, 0.1) is 69.0 Å². The SMILES string of the molecule is CC(C)(C)[Si](C)(C)OC[C@H]1O[C@@H](n2cnc3c(=O)[nH]c(N)nc32)C[C@@H]1NN.Nc1nc2c(ncn2[C@@H]2O[C@H](CC=O)[C@@H](O)[C@H]2O)c(=O)[nH]1.Nc1nc2c(ncn2[C@@H]2O[C@H](CCCN[C@H]3C[C@H](n4cnc5c(=O)[nH]c(N)nc54)O[C@@H]3CO)[C@@H](O)[C@H]2O)c(=O)[nH]1. The van der Waals surface area contributed by atoms with Crippen molar-refractivity contribution < 1.29 is 53.7 Å². The molecule has 4 aliphatic heterocycles. The zero-order chi connectivity index (χ0) is 63.3. The molecule has 21 N–H and O–H groups in total. The molecule has 8 aromatic rings. The Hall–Kier alpha value is -8.03. The maximum absolute atomic E-state index is 12.1. The molecule has 0 radical (unpaired) electrons. The number of carbonyl (C=O) groups excluding carboxylic acids is 1. The van der Waals surface area contributed by atoms with Gasteiger partial charge in [0.15, 0.2) is 65.4 Å². The van der Waals surface area contributed by atoms with E-state index in [0.29, 0.717) is 50.8 Å². The zero-order valence-corrected chi connectivity index (χ0v) is 49.2. The van der Waals surface area contributed by atoms with Gasteiger partial charge in [-0.3, -0.25) is 68.7 Å². The fourth-order valence-electron chi connectivity index (χ4n) is 10.6. The Balaban J connectivity index is 0.000000155. The number of aliphatic hydroxyl groups excluding tert-OH is 5. The second kappa shape index (κ2) is 25.2. The first kappa shape index (κ1) is 63.0. The van der Waals surface area contributed by atoms with Crippen LogP contribution in [0.5, 0.6) is 0 Å². The van der Waals surface area contributed by atoms with Gasteiger partial charge in [-0.05, 0) is 37.5 Å². The molecule has 38 nitrogen and oxygen atoms in total. The van der Waals surface area contributed by atoms with Crippen molar-refractivity contribution in [2.75, 3.05) is 42.7 Å². The number of carbonyl (C=O) groups is 1. The van der Waals surface area contributed by atoms with Crippen LogP contribution in [-0.2, 0) is 28.2 Å². The molecule has 476 valence electrons. The molecule has 39 heteroatoms. The standard InChI is InChI=1S/C22H29N11O7.C16H29N7O3Si.C11H13N5O5/c23-21-28-16-12(18(37)30-21)26-6-32(16)11-4-8(10(5-34)39-11)25-3-1-2-9-14(35)15(36)20(40-9)33-7-27-13-17(33)29-22(24)31-19(13)38;1-16(2,3)27(4,5)25-7-10-9(22-18)6-11(26-10)23-8-19-12-13(23)20-15(17)21-14(12)24;12-11-14-8-5(9(20)15-11)13-3-16(8)10-7(19)6(18)4(21-10)1-2-17/h6-11,14-15,20,25,34-36H,1-5H2,(H3,23,28,30,37)(H3,24,29,31,38);8-11,22H,6-7,18H2,1-5H3,(H3,17,20,21,24);2-4,6-7,10,18-19H,1H2,(H3,12,14,15,20)/t8-,9+,10+,11+,14+,15+,20+;9-,10+,11+;4-,6-,7-,10-/m001/s1. The highest BCUT2D eigenvalue weighted by Crippen LogP contribution is 2.39. The molecule has 14 atom stereocenters. The first-order valence-electron chi connectivity index (χ1n) is 27.9. The van der Waals surface area contributed by atoms with Crippen molar-refractivity contribution in [1.82, 2.24) is 88.8 Å². The van der Waals surface area contributed by atoms with Crippen molar-refractivity contribution in [3.05, 3.63) is 66.7 Å². The number of ether oxygens (including phenoxy) is 4. The Bertz CT molecular complexity index is 4040. The summed E-state index contributed by atoms with van der Waals surface area (Å²) in [5.41, 5.74) is 24.8. The quantitative estimate of drug-likeness (QED) is 0.0143. The molecular formula is C49H71N23O15Si. The van der Waals surface area contributed by atoms with E-state index in [2.05, 4.69) is 104 Å². The van der Waals surface area contributed by atoms with Gasteiger partial charge in [-0.2, -0.15) is 19.9 Å². The maximum Gasteiger partial charge on any atom is 0.280 e. The number of nitrogens with two attached hydrogens (primary N) is 5. The minimum absolute atomic E-state index is 0.0355. The molecule has 0 amide bonds. The first-order valence-corrected chi connectivity index (χ1v) is 30.8. The molecule has 12 heterocycles. The van der Waals surface area contributed by atoms with Gasteiger partial charge in [0.25, 0.3) is 22.2 Å². The van der Waals surface area contributed by atoms with Gasteiger partial charge in [0.1, 0.15) is 43.2 Å². The topological polar surface area (TPSA) is 573 Å². The van der Waals surface area contributed by atoms with Gasteiger partial charge < -0.3 is 82.0 Å². The molecule has 8 aromatic heterocycles. The summed E-state index contributed by atoms with van der Waals surface area (Å²) in [5.74, 6) is 5.53. The lowest BCUT2D eigenvalue weighted by molar-refractivity contribution is -0.112. The van der Waals surface area contributed by atoms with Crippen molar-refractivity contribution >= 4 is 83.1 Å². The minimum Gasteiger partial charge on any atom is -0.414 e. The number of hydrogen-bond acceptors (Lipinski definition) is 30. The third kappa shape index (κ3) is 12.4. The van der Waals surface area contributed by atoms with Crippen molar-refractivity contribution in [2.24, 2.45) is 5.84 Å². The van der Waals surface area contributed by atoms with Crippen LogP contribution >= 0.6 is 0 Å². The number of imidazole rings is 4. The van der Waals surface area contributed by atoms with E-state index in [1.54, 1.807) is 15.5 Å². The molecule has 88 heavy (non-hydrogen) atoms. The third-order valence-electron chi connectivity index (χ3n) is 16.3. The summed E-state index contributed by atoms with van der Waals surface area (Å²) >= 11 is 0. The van der Waals surface area contributed by atoms with E-state index in [0.717, 1.165) is 0 Å². The van der Waals surface area contributed by atoms with E-state index in [-0.39, 0.29) is 111 Å². The average molecular weight is 1250 g/mol. The Labute approximate surface area is 496 Å². The summed E-state index contributed by atoms with van der Waals surface area (Å²) < 4.78 is 35.9. The van der Waals surface area contributed by atoms with Crippen LogP contribution in [0.3, 0.4) is 0 Å². The second-order valence-electron chi connectivity index (χ2n) is 23.1.